The Morgan fingerprint density at radius 1 is 1.19 bits per heavy atom. The zero-order valence-electron chi connectivity index (χ0n) is 14.3. The maximum Gasteiger partial charge on any atom is 0.255 e. The van der Waals surface area contributed by atoms with Crippen LogP contribution in [0.5, 0.6) is 5.75 Å². The number of pyridine rings is 1. The first-order chi connectivity index (χ1) is 13.1. The first kappa shape index (κ1) is 17.2. The third-order valence-electron chi connectivity index (χ3n) is 3.97. The van der Waals surface area contributed by atoms with Crippen LogP contribution in [0.15, 0.2) is 69.8 Å². The quantitative estimate of drug-likeness (QED) is 0.504. The van der Waals surface area contributed by atoms with Crippen LogP contribution in [0.3, 0.4) is 0 Å². The van der Waals surface area contributed by atoms with Crippen molar-refractivity contribution in [2.45, 2.75) is 0 Å². The minimum Gasteiger partial charge on any atom is -0.496 e. The molecule has 27 heavy (non-hydrogen) atoms. The molecule has 2 aromatic carbocycles. The molecule has 0 bridgehead atoms. The maximum absolute atomic E-state index is 12.5. The molecule has 0 aliphatic heterocycles. The van der Waals surface area contributed by atoms with E-state index in [1.54, 1.807) is 55.9 Å². The SMILES string of the molecule is COc1ccc(C(=O)Nc2ccc3oc(-c4cccnc4)nc3c2)cc1Br. The minimum absolute atomic E-state index is 0.228. The summed E-state index contributed by atoms with van der Waals surface area (Å²) >= 11 is 3.39. The summed E-state index contributed by atoms with van der Waals surface area (Å²) in [6.45, 7) is 0. The Hall–Kier alpha value is -3.19. The van der Waals surface area contributed by atoms with Gasteiger partial charge < -0.3 is 14.5 Å². The lowest BCUT2D eigenvalue weighted by Crippen LogP contribution is -2.11. The Morgan fingerprint density at radius 3 is 2.81 bits per heavy atom. The molecular formula is C20H14BrN3O3. The van der Waals surface area contributed by atoms with E-state index in [2.05, 4.69) is 31.2 Å². The third kappa shape index (κ3) is 3.54. The molecule has 0 aliphatic rings. The molecule has 134 valence electrons. The summed E-state index contributed by atoms with van der Waals surface area (Å²) < 4.78 is 11.7. The number of fused-ring (bicyclic) bond motifs is 1. The molecule has 4 aromatic rings. The van der Waals surface area contributed by atoms with E-state index in [0.29, 0.717) is 38.5 Å². The summed E-state index contributed by atoms with van der Waals surface area (Å²) in [6, 6.07) is 14.2. The average molecular weight is 424 g/mol. The van der Waals surface area contributed by atoms with E-state index in [0.717, 1.165) is 5.56 Å². The second-order valence-electron chi connectivity index (χ2n) is 5.75. The lowest BCUT2D eigenvalue weighted by atomic mass is 10.2. The van der Waals surface area contributed by atoms with Gasteiger partial charge in [-0.15, -0.1) is 0 Å². The van der Waals surface area contributed by atoms with Crippen LogP contribution in [0.1, 0.15) is 10.4 Å². The number of nitrogens with zero attached hydrogens (tertiary/aromatic N) is 2. The van der Waals surface area contributed by atoms with Crippen molar-refractivity contribution >= 4 is 38.6 Å². The Labute approximate surface area is 163 Å². The molecule has 0 fully saturated rings. The van der Waals surface area contributed by atoms with Crippen LogP contribution in [0, 0.1) is 0 Å². The molecule has 0 unspecified atom stereocenters. The van der Waals surface area contributed by atoms with Gasteiger partial charge in [0, 0.05) is 23.6 Å². The number of ether oxygens (including phenoxy) is 1. The zero-order chi connectivity index (χ0) is 18.8. The van der Waals surface area contributed by atoms with E-state index in [1.807, 2.05) is 12.1 Å². The first-order valence-electron chi connectivity index (χ1n) is 8.10. The number of carbonyl (C=O) groups excluding carboxylic acids is 1. The molecule has 7 heteroatoms. The van der Waals surface area contributed by atoms with Crippen molar-refractivity contribution in [1.82, 2.24) is 9.97 Å². The standard InChI is InChI=1S/C20H14BrN3O3/c1-26-17-6-4-12(9-15(17)21)19(25)23-14-5-7-18-16(10-14)24-20(27-18)13-3-2-8-22-11-13/h2-11H,1H3,(H,23,25). The zero-order valence-corrected chi connectivity index (χ0v) is 15.9. The van der Waals surface area contributed by atoms with Gasteiger partial charge in [-0.3, -0.25) is 9.78 Å². The number of rotatable bonds is 4. The van der Waals surface area contributed by atoms with E-state index in [4.69, 9.17) is 9.15 Å². The Kier molecular flexibility index (Phi) is 4.60. The van der Waals surface area contributed by atoms with Gasteiger partial charge in [-0.2, -0.15) is 0 Å². The topological polar surface area (TPSA) is 77.2 Å². The van der Waals surface area contributed by atoms with Gasteiger partial charge in [0.15, 0.2) is 5.58 Å². The number of nitrogens with one attached hydrogen (secondary N) is 1. The van der Waals surface area contributed by atoms with Gasteiger partial charge in [0.1, 0.15) is 11.3 Å². The van der Waals surface area contributed by atoms with Crippen molar-refractivity contribution in [3.05, 3.63) is 71.0 Å². The van der Waals surface area contributed by atoms with Crippen LogP contribution in [-0.2, 0) is 0 Å². The number of benzene rings is 2. The number of amides is 1. The predicted octanol–water partition coefficient (Wildman–Crippen LogP) is 4.91. The summed E-state index contributed by atoms with van der Waals surface area (Å²) in [6.07, 6.45) is 3.38. The molecule has 0 spiro atoms. The third-order valence-corrected chi connectivity index (χ3v) is 4.59. The number of anilines is 1. The largest absolute Gasteiger partial charge is 0.496 e. The first-order valence-corrected chi connectivity index (χ1v) is 8.89. The monoisotopic (exact) mass is 423 g/mol. The van der Waals surface area contributed by atoms with Gasteiger partial charge >= 0.3 is 0 Å². The second kappa shape index (κ2) is 7.20. The number of halogens is 1. The maximum atomic E-state index is 12.5. The van der Waals surface area contributed by atoms with Crippen LogP contribution in [0.2, 0.25) is 0 Å². The minimum atomic E-state index is -0.228. The summed E-state index contributed by atoms with van der Waals surface area (Å²) in [5.74, 6) is 0.924. The number of methoxy groups -OCH3 is 1. The normalized spacial score (nSPS) is 10.7. The molecule has 4 rings (SSSR count). The Bertz CT molecular complexity index is 1130. The van der Waals surface area contributed by atoms with E-state index < -0.39 is 0 Å². The summed E-state index contributed by atoms with van der Waals surface area (Å²) in [5, 5.41) is 2.87. The van der Waals surface area contributed by atoms with Gasteiger partial charge in [-0.05, 0) is 64.5 Å². The summed E-state index contributed by atoms with van der Waals surface area (Å²) in [5.41, 5.74) is 3.23. The van der Waals surface area contributed by atoms with Crippen molar-refractivity contribution in [3.63, 3.8) is 0 Å². The predicted molar refractivity (Wildman–Crippen MR) is 106 cm³/mol. The molecule has 2 aromatic heterocycles. The average Bonchev–Trinajstić information content (AvgIpc) is 3.12. The highest BCUT2D eigenvalue weighted by atomic mass is 79.9. The van der Waals surface area contributed by atoms with Gasteiger partial charge in [0.05, 0.1) is 17.1 Å². The molecule has 0 radical (unpaired) electrons. The fourth-order valence-electron chi connectivity index (χ4n) is 2.63. The van der Waals surface area contributed by atoms with Gasteiger partial charge in [-0.1, -0.05) is 0 Å². The molecule has 0 saturated carbocycles. The van der Waals surface area contributed by atoms with Crippen molar-refractivity contribution < 1.29 is 13.9 Å². The number of oxazole rings is 1. The van der Waals surface area contributed by atoms with Crippen molar-refractivity contribution in [2.24, 2.45) is 0 Å². The lowest BCUT2D eigenvalue weighted by molar-refractivity contribution is 0.102. The molecule has 6 nitrogen and oxygen atoms in total. The molecule has 1 N–H and O–H groups in total. The van der Waals surface area contributed by atoms with Crippen LogP contribution in [0.25, 0.3) is 22.6 Å². The summed E-state index contributed by atoms with van der Waals surface area (Å²) in [7, 11) is 1.58. The number of carbonyl (C=O) groups is 1. The van der Waals surface area contributed by atoms with E-state index >= 15 is 0 Å². The fraction of sp³-hybridized carbons (Fsp3) is 0.0500. The van der Waals surface area contributed by atoms with Crippen molar-refractivity contribution in [2.75, 3.05) is 12.4 Å². The van der Waals surface area contributed by atoms with E-state index in [1.165, 1.54) is 0 Å². The highest BCUT2D eigenvalue weighted by Crippen LogP contribution is 2.27. The number of hydrogen-bond acceptors (Lipinski definition) is 5. The number of aromatic nitrogens is 2. The van der Waals surface area contributed by atoms with Crippen molar-refractivity contribution in [1.29, 1.82) is 0 Å². The van der Waals surface area contributed by atoms with Crippen molar-refractivity contribution in [3.8, 4) is 17.2 Å². The summed E-state index contributed by atoms with van der Waals surface area (Å²) in [4.78, 5) is 21.1. The second-order valence-corrected chi connectivity index (χ2v) is 6.60. The molecule has 1 amide bonds. The molecule has 0 aliphatic carbocycles. The van der Waals surface area contributed by atoms with E-state index in [9.17, 15) is 4.79 Å². The molecular weight excluding hydrogens is 410 g/mol. The van der Waals surface area contributed by atoms with Crippen LogP contribution in [-0.4, -0.2) is 23.0 Å². The van der Waals surface area contributed by atoms with Gasteiger partial charge in [0.2, 0.25) is 5.89 Å². The highest BCUT2D eigenvalue weighted by molar-refractivity contribution is 9.10. The van der Waals surface area contributed by atoms with Crippen LogP contribution < -0.4 is 10.1 Å². The van der Waals surface area contributed by atoms with Crippen LogP contribution in [0.4, 0.5) is 5.69 Å². The van der Waals surface area contributed by atoms with Gasteiger partial charge in [0.25, 0.3) is 5.91 Å². The smallest absolute Gasteiger partial charge is 0.255 e. The lowest BCUT2D eigenvalue weighted by Gasteiger charge is -2.07. The Morgan fingerprint density at radius 2 is 2.07 bits per heavy atom. The highest BCUT2D eigenvalue weighted by Gasteiger charge is 2.12. The molecule has 0 saturated heterocycles. The van der Waals surface area contributed by atoms with E-state index in [-0.39, 0.29) is 5.91 Å². The Balaban J connectivity index is 1.59. The van der Waals surface area contributed by atoms with Crippen LogP contribution >= 0.6 is 15.9 Å². The number of hydrogen-bond donors (Lipinski definition) is 1. The van der Waals surface area contributed by atoms with Gasteiger partial charge in [-0.25, -0.2) is 4.98 Å². The molecule has 2 heterocycles. The molecule has 0 atom stereocenters. The fourth-order valence-corrected chi connectivity index (χ4v) is 3.17.